The summed E-state index contributed by atoms with van der Waals surface area (Å²) in [4.78, 5) is 12.4. The quantitative estimate of drug-likeness (QED) is 0.216. The van der Waals surface area contributed by atoms with Gasteiger partial charge >= 0.3 is 0 Å². The number of amides is 1. The first-order valence-electron chi connectivity index (χ1n) is 12.8. The minimum absolute atomic E-state index is 0.0197. The largest absolute Gasteiger partial charge is 0.497 e. The first-order chi connectivity index (χ1) is 19.6. The number of nitrogens with zero attached hydrogens (tertiary/aromatic N) is 3. The Kier molecular flexibility index (Phi) is 8.06. The second kappa shape index (κ2) is 12.2. The van der Waals surface area contributed by atoms with Crippen LogP contribution in [0, 0.1) is 0 Å². The van der Waals surface area contributed by atoms with Crippen LogP contribution >= 0.6 is 0 Å². The predicted molar refractivity (Wildman–Crippen MR) is 157 cm³/mol. The third-order valence-corrected chi connectivity index (χ3v) is 6.72. The number of methoxy groups -OCH3 is 3. The highest BCUT2D eigenvalue weighted by Gasteiger charge is 2.30. The Labute approximate surface area is 233 Å². The van der Waals surface area contributed by atoms with Crippen molar-refractivity contribution in [1.82, 2.24) is 5.43 Å². The number of ether oxygens (including phenoxy) is 3. The molecule has 0 spiro atoms. The first-order valence-corrected chi connectivity index (χ1v) is 12.8. The topological polar surface area (TPSA) is 84.8 Å². The first kappa shape index (κ1) is 26.5. The number of hydrazone groups is 2. The number of nitrogens with one attached hydrogen (secondary N) is 1. The van der Waals surface area contributed by atoms with Crippen molar-refractivity contribution in [2.24, 2.45) is 10.2 Å². The molecule has 0 fully saturated rings. The van der Waals surface area contributed by atoms with Crippen molar-refractivity contribution < 1.29 is 19.0 Å². The van der Waals surface area contributed by atoms with E-state index in [0.717, 1.165) is 46.0 Å². The van der Waals surface area contributed by atoms with E-state index in [-0.39, 0.29) is 11.9 Å². The molecule has 1 amide bonds. The minimum atomic E-state index is -0.296. The van der Waals surface area contributed by atoms with Gasteiger partial charge in [0.15, 0.2) is 0 Å². The highest BCUT2D eigenvalue weighted by molar-refractivity contribution is 6.03. The zero-order valence-corrected chi connectivity index (χ0v) is 22.6. The fourth-order valence-electron chi connectivity index (χ4n) is 4.48. The highest BCUT2D eigenvalue weighted by atomic mass is 16.5. The Morgan fingerprint density at radius 2 is 1.35 bits per heavy atom. The molecule has 5 rings (SSSR count). The monoisotopic (exact) mass is 534 g/mol. The van der Waals surface area contributed by atoms with Crippen LogP contribution in [-0.4, -0.2) is 39.2 Å². The van der Waals surface area contributed by atoms with Gasteiger partial charge in [0.05, 0.1) is 45.0 Å². The van der Waals surface area contributed by atoms with E-state index < -0.39 is 0 Å². The molecule has 0 bridgehead atoms. The van der Waals surface area contributed by atoms with E-state index >= 15 is 0 Å². The van der Waals surface area contributed by atoms with Crippen LogP contribution < -0.4 is 24.6 Å². The molecule has 1 N–H and O–H groups in total. The summed E-state index contributed by atoms with van der Waals surface area (Å²) in [7, 11) is 4.91. The lowest BCUT2D eigenvalue weighted by Gasteiger charge is -2.24. The molecule has 1 atom stereocenters. The van der Waals surface area contributed by atoms with E-state index in [1.54, 1.807) is 51.8 Å². The number of hydrogen-bond acceptors (Lipinski definition) is 7. The maximum absolute atomic E-state index is 12.4. The van der Waals surface area contributed by atoms with Crippen molar-refractivity contribution in [1.29, 1.82) is 0 Å². The van der Waals surface area contributed by atoms with Crippen LogP contribution in [0.1, 0.15) is 39.5 Å². The smallest absolute Gasteiger partial charge is 0.271 e. The SMILES string of the molecule is COc1ccc(C(=O)NN=Cc2ccc(N3N=C(c4ccc(OC)cc4)CC3c3ccc(OC)cc3)cc2)cc1. The molecule has 4 aromatic carbocycles. The van der Waals surface area contributed by atoms with Crippen LogP contribution in [-0.2, 0) is 0 Å². The highest BCUT2D eigenvalue weighted by Crippen LogP contribution is 2.37. The van der Waals surface area contributed by atoms with Gasteiger partial charge in [0.1, 0.15) is 17.2 Å². The van der Waals surface area contributed by atoms with Crippen LogP contribution in [0.4, 0.5) is 5.69 Å². The Hall–Kier alpha value is -5.11. The zero-order chi connectivity index (χ0) is 27.9. The maximum atomic E-state index is 12.4. The summed E-state index contributed by atoms with van der Waals surface area (Å²) in [6, 6.07) is 30.8. The van der Waals surface area contributed by atoms with Gasteiger partial charge < -0.3 is 14.2 Å². The lowest BCUT2D eigenvalue weighted by molar-refractivity contribution is 0.0955. The Balaban J connectivity index is 1.33. The number of benzene rings is 4. The van der Waals surface area contributed by atoms with Gasteiger partial charge in [0, 0.05) is 12.0 Å². The van der Waals surface area contributed by atoms with Gasteiger partial charge in [0.25, 0.3) is 5.91 Å². The van der Waals surface area contributed by atoms with Crippen LogP contribution in [0.3, 0.4) is 0 Å². The lowest BCUT2D eigenvalue weighted by atomic mass is 9.98. The minimum Gasteiger partial charge on any atom is -0.497 e. The molecule has 8 heteroatoms. The Morgan fingerprint density at radius 3 is 1.93 bits per heavy atom. The molecule has 0 saturated carbocycles. The van der Waals surface area contributed by atoms with Crippen LogP contribution in [0.15, 0.2) is 107 Å². The normalized spacial score (nSPS) is 14.6. The maximum Gasteiger partial charge on any atom is 0.271 e. The van der Waals surface area contributed by atoms with Crippen molar-refractivity contribution in [2.75, 3.05) is 26.3 Å². The molecule has 0 aliphatic carbocycles. The zero-order valence-electron chi connectivity index (χ0n) is 22.6. The molecule has 8 nitrogen and oxygen atoms in total. The van der Waals surface area contributed by atoms with Gasteiger partial charge in [-0.3, -0.25) is 9.80 Å². The lowest BCUT2D eigenvalue weighted by Crippen LogP contribution is -2.18. The molecule has 0 radical (unpaired) electrons. The Morgan fingerprint density at radius 1 is 0.800 bits per heavy atom. The third kappa shape index (κ3) is 5.96. The summed E-state index contributed by atoms with van der Waals surface area (Å²) >= 11 is 0. The van der Waals surface area contributed by atoms with Crippen molar-refractivity contribution in [3.05, 3.63) is 119 Å². The molecule has 40 heavy (non-hydrogen) atoms. The summed E-state index contributed by atoms with van der Waals surface area (Å²) in [5, 5.41) is 11.2. The molecule has 202 valence electrons. The van der Waals surface area contributed by atoms with E-state index in [4.69, 9.17) is 19.3 Å². The van der Waals surface area contributed by atoms with Crippen molar-refractivity contribution in [2.45, 2.75) is 12.5 Å². The number of hydrogen-bond donors (Lipinski definition) is 1. The van der Waals surface area contributed by atoms with Crippen LogP contribution in [0.25, 0.3) is 0 Å². The molecule has 0 aromatic heterocycles. The average molecular weight is 535 g/mol. The number of carbonyl (C=O) groups excluding carboxylic acids is 1. The van der Waals surface area contributed by atoms with Crippen molar-refractivity contribution >= 4 is 23.5 Å². The van der Waals surface area contributed by atoms with Gasteiger partial charge in [-0.25, -0.2) is 5.43 Å². The summed E-state index contributed by atoms with van der Waals surface area (Å²) < 4.78 is 15.8. The average Bonchev–Trinajstić information content (AvgIpc) is 3.47. The summed E-state index contributed by atoms with van der Waals surface area (Å²) in [6.07, 6.45) is 2.36. The Bertz CT molecular complexity index is 1500. The number of carbonyl (C=O) groups is 1. The van der Waals surface area contributed by atoms with E-state index in [0.29, 0.717) is 11.3 Å². The van der Waals surface area contributed by atoms with Crippen LogP contribution in [0.2, 0.25) is 0 Å². The third-order valence-electron chi connectivity index (χ3n) is 6.72. The van der Waals surface area contributed by atoms with Gasteiger partial charge in [-0.1, -0.05) is 24.3 Å². The van der Waals surface area contributed by atoms with E-state index in [1.165, 1.54) is 0 Å². The van der Waals surface area contributed by atoms with Gasteiger partial charge in [-0.05, 0) is 89.5 Å². The molecule has 1 aliphatic heterocycles. The van der Waals surface area contributed by atoms with E-state index in [9.17, 15) is 4.79 Å². The molecular weight excluding hydrogens is 504 g/mol. The van der Waals surface area contributed by atoms with Crippen LogP contribution in [0.5, 0.6) is 17.2 Å². The van der Waals surface area contributed by atoms with Crippen molar-refractivity contribution in [3.8, 4) is 17.2 Å². The van der Waals surface area contributed by atoms with Crippen molar-refractivity contribution in [3.63, 3.8) is 0 Å². The second-order valence-corrected chi connectivity index (χ2v) is 9.13. The van der Waals surface area contributed by atoms with Gasteiger partial charge in [-0.15, -0.1) is 0 Å². The second-order valence-electron chi connectivity index (χ2n) is 9.13. The summed E-state index contributed by atoms with van der Waals surface area (Å²) in [6.45, 7) is 0. The molecule has 1 unspecified atom stereocenters. The fraction of sp³-hybridized carbons (Fsp3) is 0.156. The number of anilines is 1. The molecule has 1 heterocycles. The molecule has 0 saturated heterocycles. The van der Waals surface area contributed by atoms with Gasteiger partial charge in [0.2, 0.25) is 0 Å². The molecule has 1 aliphatic rings. The summed E-state index contributed by atoms with van der Waals surface area (Å²) in [5.74, 6) is 2.01. The molecule has 4 aromatic rings. The standard InChI is InChI=1S/C32H30N4O4/c1-38-27-14-6-23(7-15-27)30-20-31(24-8-16-28(39-2)17-9-24)36(35-30)26-12-4-22(5-13-26)21-33-34-32(37)25-10-18-29(40-3)19-11-25/h4-19,21,31H,20H2,1-3H3,(H,34,37). The van der Waals surface area contributed by atoms with Gasteiger partial charge in [-0.2, -0.15) is 10.2 Å². The molecular formula is C32H30N4O4. The van der Waals surface area contributed by atoms with E-state index in [1.807, 2.05) is 65.7 Å². The predicted octanol–water partition coefficient (Wildman–Crippen LogP) is 5.83. The van der Waals surface area contributed by atoms with E-state index in [2.05, 4.69) is 22.7 Å². The number of rotatable bonds is 9. The fourth-order valence-corrected chi connectivity index (χ4v) is 4.48. The summed E-state index contributed by atoms with van der Waals surface area (Å²) in [5.41, 5.74) is 8.04.